The van der Waals surface area contributed by atoms with Crippen LogP contribution < -0.4 is 10.6 Å². The van der Waals surface area contributed by atoms with Crippen molar-refractivity contribution in [2.75, 3.05) is 7.05 Å². The van der Waals surface area contributed by atoms with Crippen LogP contribution in [0.5, 0.6) is 0 Å². The first-order valence-electron chi connectivity index (χ1n) is 13.6. The van der Waals surface area contributed by atoms with Gasteiger partial charge >= 0.3 is 6.09 Å². The largest absolute Gasteiger partial charge is 0.444 e. The van der Waals surface area contributed by atoms with E-state index < -0.39 is 23.8 Å². The lowest BCUT2D eigenvalue weighted by Crippen LogP contribution is -2.53. The second-order valence-electron chi connectivity index (χ2n) is 11.4. The van der Waals surface area contributed by atoms with Gasteiger partial charge in [0.05, 0.1) is 0 Å². The van der Waals surface area contributed by atoms with Crippen LogP contribution in [0.1, 0.15) is 81.2 Å². The van der Waals surface area contributed by atoms with Crippen molar-refractivity contribution in [1.82, 2.24) is 15.5 Å². The molecule has 0 saturated heterocycles. The second-order valence-corrected chi connectivity index (χ2v) is 11.4. The Kier molecular flexibility index (Phi) is 9.95. The molecule has 3 rings (SSSR count). The van der Waals surface area contributed by atoms with Gasteiger partial charge in [0.2, 0.25) is 11.8 Å². The second kappa shape index (κ2) is 12.9. The van der Waals surface area contributed by atoms with Gasteiger partial charge in [0, 0.05) is 19.5 Å². The van der Waals surface area contributed by atoms with E-state index in [2.05, 4.69) is 10.6 Å². The predicted molar refractivity (Wildman–Crippen MR) is 150 cm³/mol. The Bertz CT molecular complexity index is 1100. The lowest BCUT2D eigenvalue weighted by atomic mass is 9.93. The van der Waals surface area contributed by atoms with Gasteiger partial charge in [-0.1, -0.05) is 73.4 Å². The molecule has 2 N–H and O–H groups in total. The van der Waals surface area contributed by atoms with E-state index in [4.69, 9.17) is 4.74 Å². The van der Waals surface area contributed by atoms with Crippen molar-refractivity contribution in [2.24, 2.45) is 0 Å². The number of likely N-dealkylation sites (N-methyl/N-ethyl adjacent to an activating group) is 1. The summed E-state index contributed by atoms with van der Waals surface area (Å²) in [4.78, 5) is 42.0. The number of nitrogens with one attached hydrogen (secondary N) is 2. The quantitative estimate of drug-likeness (QED) is 0.488. The van der Waals surface area contributed by atoms with E-state index in [-0.39, 0.29) is 24.3 Å². The molecule has 2 aromatic carbocycles. The van der Waals surface area contributed by atoms with Crippen LogP contribution in [0.25, 0.3) is 0 Å². The summed E-state index contributed by atoms with van der Waals surface area (Å²) in [7, 11) is 1.64. The minimum atomic E-state index is -0.910. The third-order valence-electron chi connectivity index (χ3n) is 6.94. The zero-order valence-corrected chi connectivity index (χ0v) is 23.7. The van der Waals surface area contributed by atoms with Crippen molar-refractivity contribution >= 4 is 17.9 Å². The first-order valence-corrected chi connectivity index (χ1v) is 13.6. The number of hydrogen-bond donors (Lipinski definition) is 2. The Morgan fingerprint density at radius 3 is 2.29 bits per heavy atom. The van der Waals surface area contributed by atoms with Crippen molar-refractivity contribution in [3.05, 3.63) is 70.8 Å². The summed E-state index contributed by atoms with van der Waals surface area (Å²) in [5.41, 5.74) is 2.90. The van der Waals surface area contributed by atoms with Gasteiger partial charge in [-0.15, -0.1) is 0 Å². The summed E-state index contributed by atoms with van der Waals surface area (Å²) in [5.74, 6) is -0.554. The molecule has 206 valence electrons. The van der Waals surface area contributed by atoms with Gasteiger partial charge in [0.1, 0.15) is 17.7 Å². The SMILES string of the molecule is Cc1ccc(C)c(C(C(=O)NC2CCCCC2)N(C)C(=O)C(Cc2ccccc2)NC(=O)OC(C)(C)C)c1. The number of hydrogen-bond acceptors (Lipinski definition) is 4. The van der Waals surface area contributed by atoms with Gasteiger partial charge in [0.25, 0.3) is 0 Å². The maximum absolute atomic E-state index is 14.0. The molecule has 0 heterocycles. The maximum Gasteiger partial charge on any atom is 0.408 e. The molecule has 1 aliphatic carbocycles. The first kappa shape index (κ1) is 29.2. The number of rotatable bonds is 8. The Balaban J connectivity index is 1.93. The Morgan fingerprint density at radius 1 is 1.00 bits per heavy atom. The number of alkyl carbamates (subject to hydrolysis) is 1. The smallest absolute Gasteiger partial charge is 0.408 e. The molecule has 7 nitrogen and oxygen atoms in total. The van der Waals surface area contributed by atoms with E-state index >= 15 is 0 Å². The number of carbonyl (C=O) groups is 3. The topological polar surface area (TPSA) is 87.7 Å². The average Bonchev–Trinajstić information content (AvgIpc) is 2.85. The van der Waals surface area contributed by atoms with Crippen LogP contribution in [0.4, 0.5) is 4.79 Å². The number of carbonyl (C=O) groups excluding carboxylic acids is 3. The van der Waals surface area contributed by atoms with Crippen molar-refractivity contribution in [2.45, 2.75) is 96.9 Å². The highest BCUT2D eigenvalue weighted by atomic mass is 16.6. The van der Waals surface area contributed by atoms with Crippen molar-refractivity contribution in [3.8, 4) is 0 Å². The van der Waals surface area contributed by atoms with Gasteiger partial charge < -0.3 is 20.3 Å². The van der Waals surface area contributed by atoms with Crippen LogP contribution >= 0.6 is 0 Å². The Labute approximate surface area is 227 Å². The van der Waals surface area contributed by atoms with Crippen molar-refractivity contribution in [3.63, 3.8) is 0 Å². The molecule has 1 saturated carbocycles. The first-order chi connectivity index (χ1) is 17.9. The van der Waals surface area contributed by atoms with Gasteiger partial charge in [0.15, 0.2) is 0 Å². The summed E-state index contributed by atoms with van der Waals surface area (Å²) in [6, 6.07) is 13.8. The number of ether oxygens (including phenoxy) is 1. The molecule has 0 spiro atoms. The van der Waals surface area contributed by atoms with Crippen molar-refractivity contribution in [1.29, 1.82) is 0 Å². The summed E-state index contributed by atoms with van der Waals surface area (Å²) < 4.78 is 5.46. The molecule has 3 amide bonds. The van der Waals surface area contributed by atoms with Crippen molar-refractivity contribution < 1.29 is 19.1 Å². The number of benzene rings is 2. The van der Waals surface area contributed by atoms with E-state index in [0.29, 0.717) is 0 Å². The third-order valence-corrected chi connectivity index (χ3v) is 6.94. The van der Waals surface area contributed by atoms with Crippen LogP contribution in [0.3, 0.4) is 0 Å². The third kappa shape index (κ3) is 8.33. The monoisotopic (exact) mass is 521 g/mol. The lowest BCUT2D eigenvalue weighted by molar-refractivity contribution is -0.141. The molecule has 7 heteroatoms. The normalized spacial score (nSPS) is 15.7. The molecule has 0 aliphatic heterocycles. The summed E-state index contributed by atoms with van der Waals surface area (Å²) in [5, 5.41) is 5.99. The average molecular weight is 522 g/mol. The summed E-state index contributed by atoms with van der Waals surface area (Å²) in [6.07, 6.45) is 4.85. The van der Waals surface area contributed by atoms with Crippen LogP contribution in [0.2, 0.25) is 0 Å². The van der Waals surface area contributed by atoms with Gasteiger partial charge in [-0.05, 0) is 64.2 Å². The molecule has 0 radical (unpaired) electrons. The molecular formula is C31H43N3O4. The zero-order chi connectivity index (χ0) is 27.9. The van der Waals surface area contributed by atoms with Gasteiger partial charge in [-0.25, -0.2) is 4.79 Å². The number of nitrogens with zero attached hydrogens (tertiary/aromatic N) is 1. The molecule has 38 heavy (non-hydrogen) atoms. The van der Waals surface area contributed by atoms with Gasteiger partial charge in [-0.3, -0.25) is 9.59 Å². The Morgan fingerprint density at radius 2 is 1.66 bits per heavy atom. The fourth-order valence-electron chi connectivity index (χ4n) is 4.98. The zero-order valence-electron chi connectivity index (χ0n) is 23.7. The molecule has 2 unspecified atom stereocenters. The van der Waals surface area contributed by atoms with E-state index in [0.717, 1.165) is 47.9 Å². The Hall–Kier alpha value is -3.35. The molecule has 0 aromatic heterocycles. The van der Waals surface area contributed by atoms with E-state index in [9.17, 15) is 14.4 Å². The summed E-state index contributed by atoms with van der Waals surface area (Å²) in [6.45, 7) is 9.26. The number of amides is 3. The highest BCUT2D eigenvalue weighted by molar-refractivity contribution is 5.92. The summed E-state index contributed by atoms with van der Waals surface area (Å²) >= 11 is 0. The van der Waals surface area contributed by atoms with Crippen LogP contribution in [-0.4, -0.2) is 47.5 Å². The lowest BCUT2D eigenvalue weighted by Gasteiger charge is -2.34. The molecule has 1 aliphatic rings. The molecule has 2 atom stereocenters. The predicted octanol–water partition coefficient (Wildman–Crippen LogP) is 5.39. The van der Waals surface area contributed by atoms with Gasteiger partial charge in [-0.2, -0.15) is 0 Å². The number of aryl methyl sites for hydroxylation is 2. The minimum Gasteiger partial charge on any atom is -0.444 e. The fourth-order valence-corrected chi connectivity index (χ4v) is 4.98. The van der Waals surface area contributed by atoms with Crippen LogP contribution in [-0.2, 0) is 20.7 Å². The highest BCUT2D eigenvalue weighted by Gasteiger charge is 2.35. The maximum atomic E-state index is 14.0. The highest BCUT2D eigenvalue weighted by Crippen LogP contribution is 2.27. The van der Waals surface area contributed by atoms with E-state index in [1.807, 2.05) is 62.4 Å². The standard InChI is InChI=1S/C31H43N3O4/c1-21-17-18-22(2)25(19-21)27(28(35)32-24-15-11-8-12-16-24)34(6)29(36)26(20-23-13-9-7-10-14-23)33-30(37)38-31(3,4)5/h7,9-10,13-14,17-19,24,26-27H,8,11-12,15-16,20H2,1-6H3,(H,32,35)(H,33,37). The molecular weight excluding hydrogens is 478 g/mol. The molecule has 2 aromatic rings. The van der Waals surface area contributed by atoms with Crippen LogP contribution in [0, 0.1) is 13.8 Å². The van der Waals surface area contributed by atoms with E-state index in [1.54, 1.807) is 27.8 Å². The fraction of sp³-hybridized carbons (Fsp3) is 0.516. The molecule has 0 bridgehead atoms. The van der Waals surface area contributed by atoms with Crippen LogP contribution in [0.15, 0.2) is 48.5 Å². The molecule has 1 fully saturated rings. The van der Waals surface area contributed by atoms with E-state index in [1.165, 1.54) is 11.3 Å². The minimum absolute atomic E-state index is 0.104.